The monoisotopic (exact) mass is 219 g/mol. The third-order valence-electron chi connectivity index (χ3n) is 1.72. The van der Waals surface area contributed by atoms with E-state index in [2.05, 4.69) is 9.97 Å². The molecule has 0 amide bonds. The summed E-state index contributed by atoms with van der Waals surface area (Å²) in [5.74, 6) is 0.572. The van der Waals surface area contributed by atoms with Crippen LogP contribution < -0.4 is 5.73 Å². The molecule has 1 aromatic heterocycles. The highest BCUT2D eigenvalue weighted by Gasteiger charge is 2.14. The van der Waals surface area contributed by atoms with E-state index in [0.717, 1.165) is 0 Å². The van der Waals surface area contributed by atoms with E-state index in [0.29, 0.717) is 12.2 Å². The summed E-state index contributed by atoms with van der Waals surface area (Å²) in [4.78, 5) is 7.90. The highest BCUT2D eigenvalue weighted by Crippen LogP contribution is 1.97. The standard InChI is InChI=1S/C8H13N3O2.ClH/c9-6(7(13)5-12)4-8-10-2-1-3-11-8;/h1-3,6-7,12-13H,4-5,9H2;1H/t6-,7-;/m1./s1. The zero-order chi connectivity index (χ0) is 9.68. The highest BCUT2D eigenvalue weighted by atomic mass is 35.5. The average Bonchev–Trinajstić information content (AvgIpc) is 2.18. The SMILES string of the molecule is Cl.N[C@H](Cc1ncccn1)[C@H](O)CO. The lowest BCUT2D eigenvalue weighted by Gasteiger charge is -2.14. The Hall–Kier alpha value is -0.750. The average molecular weight is 220 g/mol. The zero-order valence-corrected chi connectivity index (χ0v) is 8.39. The second-order valence-corrected chi connectivity index (χ2v) is 2.78. The summed E-state index contributed by atoms with van der Waals surface area (Å²) in [6.07, 6.45) is 2.67. The lowest BCUT2D eigenvalue weighted by Crippen LogP contribution is -2.39. The van der Waals surface area contributed by atoms with Crippen molar-refractivity contribution in [3.05, 3.63) is 24.3 Å². The Kier molecular flexibility index (Phi) is 6.31. The summed E-state index contributed by atoms with van der Waals surface area (Å²) in [5, 5.41) is 17.8. The van der Waals surface area contributed by atoms with Gasteiger partial charge in [0, 0.05) is 24.9 Å². The molecule has 0 fully saturated rings. The molecular formula is C8H14ClN3O2. The zero-order valence-electron chi connectivity index (χ0n) is 7.58. The van der Waals surface area contributed by atoms with E-state index < -0.39 is 12.1 Å². The van der Waals surface area contributed by atoms with Crippen LogP contribution in [0.5, 0.6) is 0 Å². The molecule has 14 heavy (non-hydrogen) atoms. The number of aliphatic hydroxyl groups excluding tert-OH is 2. The van der Waals surface area contributed by atoms with Gasteiger partial charge in [-0.05, 0) is 6.07 Å². The Morgan fingerprint density at radius 2 is 1.93 bits per heavy atom. The predicted octanol–water partition coefficient (Wildman–Crippen LogP) is -0.879. The molecule has 1 heterocycles. The van der Waals surface area contributed by atoms with Gasteiger partial charge in [0.05, 0.1) is 12.7 Å². The van der Waals surface area contributed by atoms with Crippen molar-refractivity contribution in [1.82, 2.24) is 9.97 Å². The minimum atomic E-state index is -0.913. The molecule has 0 saturated carbocycles. The third-order valence-corrected chi connectivity index (χ3v) is 1.72. The maximum Gasteiger partial charge on any atom is 0.129 e. The fraction of sp³-hybridized carbons (Fsp3) is 0.500. The smallest absolute Gasteiger partial charge is 0.129 e. The van der Waals surface area contributed by atoms with E-state index >= 15 is 0 Å². The van der Waals surface area contributed by atoms with Gasteiger partial charge in [-0.3, -0.25) is 0 Å². The second kappa shape index (κ2) is 6.67. The molecule has 80 valence electrons. The molecule has 0 saturated heterocycles. The van der Waals surface area contributed by atoms with Crippen LogP contribution in [0.25, 0.3) is 0 Å². The van der Waals surface area contributed by atoms with Crippen molar-refractivity contribution in [2.75, 3.05) is 6.61 Å². The van der Waals surface area contributed by atoms with Gasteiger partial charge in [0.25, 0.3) is 0 Å². The Morgan fingerprint density at radius 1 is 1.36 bits per heavy atom. The van der Waals surface area contributed by atoms with Crippen molar-refractivity contribution < 1.29 is 10.2 Å². The molecule has 1 aromatic rings. The first-order chi connectivity index (χ1) is 6.24. The number of hydrogen-bond donors (Lipinski definition) is 3. The fourth-order valence-corrected chi connectivity index (χ4v) is 0.918. The van der Waals surface area contributed by atoms with Gasteiger partial charge < -0.3 is 15.9 Å². The molecule has 0 aromatic carbocycles. The normalized spacial score (nSPS) is 14.2. The number of aromatic nitrogens is 2. The molecule has 0 unspecified atom stereocenters. The maximum atomic E-state index is 9.16. The van der Waals surface area contributed by atoms with Gasteiger partial charge in [-0.15, -0.1) is 12.4 Å². The Bertz CT molecular complexity index is 248. The van der Waals surface area contributed by atoms with Crippen molar-refractivity contribution in [3.63, 3.8) is 0 Å². The highest BCUT2D eigenvalue weighted by molar-refractivity contribution is 5.85. The van der Waals surface area contributed by atoms with Crippen molar-refractivity contribution >= 4 is 12.4 Å². The van der Waals surface area contributed by atoms with Crippen molar-refractivity contribution in [2.24, 2.45) is 5.73 Å². The van der Waals surface area contributed by atoms with Gasteiger partial charge in [-0.1, -0.05) is 0 Å². The summed E-state index contributed by atoms with van der Waals surface area (Å²) in [6.45, 7) is -0.339. The lowest BCUT2D eigenvalue weighted by molar-refractivity contribution is 0.0737. The van der Waals surface area contributed by atoms with Crippen LogP contribution in [0, 0.1) is 0 Å². The van der Waals surface area contributed by atoms with Gasteiger partial charge >= 0.3 is 0 Å². The summed E-state index contributed by atoms with van der Waals surface area (Å²) in [5.41, 5.74) is 5.57. The largest absolute Gasteiger partial charge is 0.394 e. The van der Waals surface area contributed by atoms with E-state index in [-0.39, 0.29) is 19.0 Å². The summed E-state index contributed by atoms with van der Waals surface area (Å²) in [7, 11) is 0. The molecule has 0 aliphatic heterocycles. The molecule has 0 spiro atoms. The second-order valence-electron chi connectivity index (χ2n) is 2.78. The van der Waals surface area contributed by atoms with Gasteiger partial charge in [-0.25, -0.2) is 9.97 Å². The molecular weight excluding hydrogens is 206 g/mol. The Balaban J connectivity index is 0.00000169. The first-order valence-corrected chi connectivity index (χ1v) is 4.04. The van der Waals surface area contributed by atoms with E-state index in [1.807, 2.05) is 0 Å². The van der Waals surface area contributed by atoms with E-state index in [1.54, 1.807) is 18.5 Å². The third kappa shape index (κ3) is 3.97. The van der Waals surface area contributed by atoms with Gasteiger partial charge in [0.1, 0.15) is 5.82 Å². The van der Waals surface area contributed by atoms with Crippen LogP contribution >= 0.6 is 12.4 Å². The van der Waals surface area contributed by atoms with Gasteiger partial charge in [-0.2, -0.15) is 0 Å². The maximum absolute atomic E-state index is 9.16. The molecule has 0 bridgehead atoms. The van der Waals surface area contributed by atoms with E-state index in [4.69, 9.17) is 15.9 Å². The van der Waals surface area contributed by atoms with Crippen LogP contribution in [0.2, 0.25) is 0 Å². The van der Waals surface area contributed by atoms with Gasteiger partial charge in [0.15, 0.2) is 0 Å². The summed E-state index contributed by atoms with van der Waals surface area (Å²) < 4.78 is 0. The quantitative estimate of drug-likeness (QED) is 0.612. The summed E-state index contributed by atoms with van der Waals surface area (Å²) >= 11 is 0. The molecule has 6 heteroatoms. The molecule has 2 atom stereocenters. The van der Waals surface area contributed by atoms with Crippen LogP contribution in [0.15, 0.2) is 18.5 Å². The van der Waals surface area contributed by atoms with Crippen molar-refractivity contribution in [2.45, 2.75) is 18.6 Å². The number of hydrogen-bond acceptors (Lipinski definition) is 5. The number of rotatable bonds is 4. The topological polar surface area (TPSA) is 92.3 Å². The Labute approximate surface area is 88.4 Å². The van der Waals surface area contributed by atoms with Crippen LogP contribution in [-0.2, 0) is 6.42 Å². The minimum Gasteiger partial charge on any atom is -0.394 e. The predicted molar refractivity (Wildman–Crippen MR) is 54.1 cm³/mol. The number of nitrogens with zero attached hydrogens (tertiary/aromatic N) is 2. The minimum absolute atomic E-state index is 0. The molecule has 0 radical (unpaired) electrons. The van der Waals surface area contributed by atoms with Crippen LogP contribution in [0.3, 0.4) is 0 Å². The van der Waals surface area contributed by atoms with Crippen LogP contribution in [0.1, 0.15) is 5.82 Å². The summed E-state index contributed by atoms with van der Waals surface area (Å²) in [6, 6.07) is 1.18. The first-order valence-electron chi connectivity index (χ1n) is 4.04. The number of halogens is 1. The van der Waals surface area contributed by atoms with E-state index in [1.165, 1.54) is 0 Å². The number of nitrogens with two attached hydrogens (primary N) is 1. The Morgan fingerprint density at radius 3 is 2.43 bits per heavy atom. The molecule has 5 nitrogen and oxygen atoms in total. The van der Waals surface area contributed by atoms with Crippen LogP contribution in [-0.4, -0.2) is 38.9 Å². The molecule has 0 aliphatic rings. The molecule has 0 aliphatic carbocycles. The first kappa shape index (κ1) is 13.2. The van der Waals surface area contributed by atoms with Gasteiger partial charge in [0.2, 0.25) is 0 Å². The van der Waals surface area contributed by atoms with E-state index in [9.17, 15) is 0 Å². The molecule has 4 N–H and O–H groups in total. The number of aliphatic hydroxyl groups is 2. The van der Waals surface area contributed by atoms with Crippen LogP contribution in [0.4, 0.5) is 0 Å². The van der Waals surface area contributed by atoms with Crippen molar-refractivity contribution in [3.8, 4) is 0 Å². The molecule has 1 rings (SSSR count). The van der Waals surface area contributed by atoms with Crippen molar-refractivity contribution in [1.29, 1.82) is 0 Å². The fourth-order valence-electron chi connectivity index (χ4n) is 0.918. The lowest BCUT2D eigenvalue weighted by atomic mass is 10.1.